The number of hydrogen-bond donors (Lipinski definition) is 1. The van der Waals surface area contributed by atoms with Crippen molar-refractivity contribution >= 4 is 11.6 Å². The zero-order valence-electron chi connectivity index (χ0n) is 9.78. The van der Waals surface area contributed by atoms with Gasteiger partial charge in [-0.15, -0.1) is 0 Å². The van der Waals surface area contributed by atoms with Crippen molar-refractivity contribution in [3.05, 3.63) is 64.2 Å². The van der Waals surface area contributed by atoms with Gasteiger partial charge in [-0.2, -0.15) is 0 Å². The minimum atomic E-state index is 0.336. The maximum Gasteiger partial charge on any atom is 0.119 e. The van der Waals surface area contributed by atoms with Gasteiger partial charge in [0.1, 0.15) is 5.75 Å². The number of aromatic hydroxyl groups is 1. The van der Waals surface area contributed by atoms with Crippen LogP contribution < -0.4 is 0 Å². The average Bonchev–Trinajstić information content (AvgIpc) is 2.35. The maximum atomic E-state index is 9.84. The Kier molecular flexibility index (Phi) is 3.70. The summed E-state index contributed by atoms with van der Waals surface area (Å²) < 4.78 is 0. The van der Waals surface area contributed by atoms with Crippen molar-refractivity contribution < 1.29 is 5.11 Å². The van der Waals surface area contributed by atoms with E-state index in [9.17, 15) is 5.11 Å². The van der Waals surface area contributed by atoms with E-state index in [2.05, 4.69) is 12.1 Å². The molecule has 2 aromatic rings. The molecule has 0 amide bonds. The number of phenolic OH excluding ortho intramolecular Hbond substituents is 1. The second kappa shape index (κ2) is 5.24. The molecule has 0 saturated heterocycles. The molecule has 2 aromatic carbocycles. The molecule has 0 spiro atoms. The molecule has 88 valence electrons. The SMILES string of the molecule is Cc1c(Cl)ccc(O)c1CCc1ccccc1. The largest absolute Gasteiger partial charge is 0.508 e. The van der Waals surface area contributed by atoms with E-state index in [1.165, 1.54) is 5.56 Å². The van der Waals surface area contributed by atoms with E-state index in [1.807, 2.05) is 25.1 Å². The monoisotopic (exact) mass is 246 g/mol. The average molecular weight is 247 g/mol. The van der Waals surface area contributed by atoms with Crippen LogP contribution >= 0.6 is 11.6 Å². The number of rotatable bonds is 3. The fourth-order valence-electron chi connectivity index (χ4n) is 1.94. The first kappa shape index (κ1) is 12.0. The van der Waals surface area contributed by atoms with Crippen LogP contribution in [0.1, 0.15) is 16.7 Å². The lowest BCUT2D eigenvalue weighted by Crippen LogP contribution is -1.95. The van der Waals surface area contributed by atoms with Gasteiger partial charge in [0.15, 0.2) is 0 Å². The smallest absolute Gasteiger partial charge is 0.119 e. The molecule has 2 rings (SSSR count). The highest BCUT2D eigenvalue weighted by Crippen LogP contribution is 2.28. The molecule has 0 fully saturated rings. The molecule has 0 bridgehead atoms. The zero-order chi connectivity index (χ0) is 12.3. The lowest BCUT2D eigenvalue weighted by atomic mass is 9.99. The van der Waals surface area contributed by atoms with E-state index in [-0.39, 0.29) is 0 Å². The second-order valence-electron chi connectivity index (χ2n) is 4.16. The minimum absolute atomic E-state index is 0.336. The molecule has 0 aliphatic heterocycles. The Hall–Kier alpha value is -1.47. The standard InChI is InChI=1S/C15H15ClO/c1-11-13(15(17)10-9-14(11)16)8-7-12-5-3-2-4-6-12/h2-6,9-10,17H,7-8H2,1H3. The van der Waals surface area contributed by atoms with Gasteiger partial charge in [0.25, 0.3) is 0 Å². The first-order valence-corrected chi connectivity index (χ1v) is 6.07. The van der Waals surface area contributed by atoms with Crippen molar-refractivity contribution in [1.82, 2.24) is 0 Å². The van der Waals surface area contributed by atoms with Gasteiger partial charge in [-0.25, -0.2) is 0 Å². The Bertz CT molecular complexity index is 506. The van der Waals surface area contributed by atoms with Gasteiger partial charge in [-0.3, -0.25) is 0 Å². The fraction of sp³-hybridized carbons (Fsp3) is 0.200. The summed E-state index contributed by atoms with van der Waals surface area (Å²) in [5.41, 5.74) is 3.19. The molecule has 17 heavy (non-hydrogen) atoms. The minimum Gasteiger partial charge on any atom is -0.508 e. The summed E-state index contributed by atoms with van der Waals surface area (Å²) >= 11 is 6.06. The highest BCUT2D eigenvalue weighted by molar-refractivity contribution is 6.31. The molecule has 1 nitrogen and oxygen atoms in total. The Morgan fingerprint density at radius 1 is 1.00 bits per heavy atom. The molecular weight excluding hydrogens is 232 g/mol. The van der Waals surface area contributed by atoms with Crippen LogP contribution in [0.4, 0.5) is 0 Å². The molecule has 2 heteroatoms. The molecule has 0 heterocycles. The molecule has 0 aliphatic rings. The van der Waals surface area contributed by atoms with Gasteiger partial charge in [-0.05, 0) is 48.6 Å². The molecular formula is C15H15ClO. The van der Waals surface area contributed by atoms with E-state index < -0.39 is 0 Å². The molecule has 0 unspecified atom stereocenters. The lowest BCUT2D eigenvalue weighted by molar-refractivity contribution is 0.467. The van der Waals surface area contributed by atoms with Crippen LogP contribution in [0.2, 0.25) is 5.02 Å². The third kappa shape index (κ3) is 2.80. The van der Waals surface area contributed by atoms with Crippen LogP contribution in [0.5, 0.6) is 5.75 Å². The van der Waals surface area contributed by atoms with Crippen molar-refractivity contribution in [1.29, 1.82) is 0 Å². The summed E-state index contributed by atoms with van der Waals surface area (Å²) in [6, 6.07) is 13.6. The summed E-state index contributed by atoms with van der Waals surface area (Å²) in [5, 5.41) is 10.5. The number of halogens is 1. The van der Waals surface area contributed by atoms with Crippen LogP contribution in [-0.4, -0.2) is 5.11 Å². The molecule has 0 aromatic heterocycles. The Morgan fingerprint density at radius 3 is 2.41 bits per heavy atom. The van der Waals surface area contributed by atoms with E-state index in [1.54, 1.807) is 12.1 Å². The van der Waals surface area contributed by atoms with Crippen LogP contribution in [0.25, 0.3) is 0 Å². The van der Waals surface area contributed by atoms with Crippen molar-refractivity contribution in [2.24, 2.45) is 0 Å². The normalized spacial score (nSPS) is 10.5. The topological polar surface area (TPSA) is 20.2 Å². The highest BCUT2D eigenvalue weighted by Gasteiger charge is 2.08. The van der Waals surface area contributed by atoms with E-state index in [0.717, 1.165) is 24.0 Å². The molecule has 0 atom stereocenters. The second-order valence-corrected chi connectivity index (χ2v) is 4.56. The van der Waals surface area contributed by atoms with Gasteiger partial charge >= 0.3 is 0 Å². The van der Waals surface area contributed by atoms with Gasteiger partial charge in [-0.1, -0.05) is 41.9 Å². The Labute approximate surface area is 107 Å². The zero-order valence-corrected chi connectivity index (χ0v) is 10.5. The van der Waals surface area contributed by atoms with Crippen molar-refractivity contribution in [2.45, 2.75) is 19.8 Å². The van der Waals surface area contributed by atoms with Crippen molar-refractivity contribution in [3.63, 3.8) is 0 Å². The summed E-state index contributed by atoms with van der Waals surface area (Å²) in [6.07, 6.45) is 1.72. The first-order chi connectivity index (χ1) is 8.18. The maximum absolute atomic E-state index is 9.84. The van der Waals surface area contributed by atoms with E-state index in [4.69, 9.17) is 11.6 Å². The molecule has 0 radical (unpaired) electrons. The Balaban J connectivity index is 2.17. The molecule has 0 saturated carbocycles. The lowest BCUT2D eigenvalue weighted by Gasteiger charge is -2.10. The van der Waals surface area contributed by atoms with Gasteiger partial charge in [0, 0.05) is 5.02 Å². The quantitative estimate of drug-likeness (QED) is 0.863. The van der Waals surface area contributed by atoms with Gasteiger partial charge < -0.3 is 5.11 Å². The van der Waals surface area contributed by atoms with Crippen LogP contribution in [-0.2, 0) is 12.8 Å². The molecule has 0 aliphatic carbocycles. The predicted molar refractivity (Wildman–Crippen MR) is 71.7 cm³/mol. The fourth-order valence-corrected chi connectivity index (χ4v) is 2.12. The third-order valence-electron chi connectivity index (χ3n) is 3.01. The number of aryl methyl sites for hydroxylation is 1. The van der Waals surface area contributed by atoms with Gasteiger partial charge in [0.2, 0.25) is 0 Å². The van der Waals surface area contributed by atoms with Gasteiger partial charge in [0.05, 0.1) is 0 Å². The predicted octanol–water partition coefficient (Wildman–Crippen LogP) is 4.14. The summed E-state index contributed by atoms with van der Waals surface area (Å²) in [6.45, 7) is 1.95. The van der Waals surface area contributed by atoms with Crippen molar-refractivity contribution in [3.8, 4) is 5.75 Å². The number of benzene rings is 2. The van der Waals surface area contributed by atoms with Crippen LogP contribution in [0, 0.1) is 6.92 Å². The highest BCUT2D eigenvalue weighted by atomic mass is 35.5. The summed E-state index contributed by atoms with van der Waals surface area (Å²) in [5.74, 6) is 0.336. The third-order valence-corrected chi connectivity index (χ3v) is 3.42. The van der Waals surface area contributed by atoms with Crippen LogP contribution in [0.3, 0.4) is 0 Å². The van der Waals surface area contributed by atoms with E-state index >= 15 is 0 Å². The van der Waals surface area contributed by atoms with E-state index in [0.29, 0.717) is 10.8 Å². The first-order valence-electron chi connectivity index (χ1n) is 5.69. The number of phenols is 1. The summed E-state index contributed by atoms with van der Waals surface area (Å²) in [4.78, 5) is 0. The van der Waals surface area contributed by atoms with Crippen molar-refractivity contribution in [2.75, 3.05) is 0 Å². The van der Waals surface area contributed by atoms with Crippen LogP contribution in [0.15, 0.2) is 42.5 Å². The Morgan fingerprint density at radius 2 is 1.71 bits per heavy atom. The molecule has 1 N–H and O–H groups in total. The summed E-state index contributed by atoms with van der Waals surface area (Å²) in [7, 11) is 0. The number of hydrogen-bond acceptors (Lipinski definition) is 1.